The standard InChI is InChI=1S/C17H20N4O4/c1-3-10-5-4-6-11(7-10)24-9-12-8-21-13-14(18-17(21)25-12)20(2)16(23)19-15(13)22/h4-7,12-14H,3,8-9H2,1-2H3,(H,19,22,23). The average molecular weight is 344 g/mol. The molecule has 2 fully saturated rings. The summed E-state index contributed by atoms with van der Waals surface area (Å²) in [7, 11) is 1.62. The number of hydrogen-bond donors (Lipinski definition) is 1. The lowest BCUT2D eigenvalue weighted by molar-refractivity contribution is -0.127. The first-order valence-corrected chi connectivity index (χ1v) is 8.37. The van der Waals surface area contributed by atoms with Crippen molar-refractivity contribution in [2.24, 2.45) is 4.99 Å². The third-order valence-corrected chi connectivity index (χ3v) is 4.74. The molecule has 0 radical (unpaired) electrons. The monoisotopic (exact) mass is 344 g/mol. The van der Waals surface area contributed by atoms with Crippen molar-refractivity contribution in [2.45, 2.75) is 31.7 Å². The smallest absolute Gasteiger partial charge is 0.325 e. The van der Waals surface area contributed by atoms with E-state index in [0.717, 1.165) is 12.2 Å². The fraction of sp³-hybridized carbons (Fsp3) is 0.471. The van der Waals surface area contributed by atoms with Gasteiger partial charge in [0.25, 0.3) is 11.9 Å². The molecule has 0 aromatic heterocycles. The zero-order valence-electron chi connectivity index (χ0n) is 14.1. The van der Waals surface area contributed by atoms with E-state index in [0.29, 0.717) is 19.2 Å². The Morgan fingerprint density at radius 3 is 3.04 bits per heavy atom. The summed E-state index contributed by atoms with van der Waals surface area (Å²) >= 11 is 0. The Hall–Kier alpha value is -2.77. The average Bonchev–Trinajstić information content (AvgIpc) is 3.15. The van der Waals surface area contributed by atoms with Gasteiger partial charge in [0.2, 0.25) is 0 Å². The summed E-state index contributed by atoms with van der Waals surface area (Å²) < 4.78 is 11.6. The fourth-order valence-electron chi connectivity index (χ4n) is 3.33. The van der Waals surface area contributed by atoms with Crippen molar-refractivity contribution < 1.29 is 19.1 Å². The summed E-state index contributed by atoms with van der Waals surface area (Å²) in [5, 5.41) is 2.34. The molecule has 0 bridgehead atoms. The normalized spacial score (nSPS) is 27.4. The van der Waals surface area contributed by atoms with Crippen molar-refractivity contribution >= 4 is 18.0 Å². The second-order valence-electron chi connectivity index (χ2n) is 6.38. The minimum absolute atomic E-state index is 0.208. The first-order chi connectivity index (χ1) is 12.1. The van der Waals surface area contributed by atoms with E-state index in [1.165, 1.54) is 10.5 Å². The van der Waals surface area contributed by atoms with Gasteiger partial charge in [0.05, 0.1) is 6.54 Å². The summed E-state index contributed by atoms with van der Waals surface area (Å²) in [4.78, 5) is 31.5. The molecule has 1 N–H and O–H groups in total. The lowest BCUT2D eigenvalue weighted by atomic mass is 10.1. The highest BCUT2D eigenvalue weighted by atomic mass is 16.6. The van der Waals surface area contributed by atoms with Crippen LogP contribution in [-0.4, -0.2) is 66.3 Å². The van der Waals surface area contributed by atoms with Gasteiger partial charge in [0.15, 0.2) is 18.3 Å². The lowest BCUT2D eigenvalue weighted by Crippen LogP contribution is -2.63. The summed E-state index contributed by atoms with van der Waals surface area (Å²) in [6, 6.07) is 7.39. The second-order valence-corrected chi connectivity index (χ2v) is 6.38. The number of hydrogen-bond acceptors (Lipinski definition) is 6. The van der Waals surface area contributed by atoms with Crippen molar-refractivity contribution in [1.82, 2.24) is 15.1 Å². The van der Waals surface area contributed by atoms with Gasteiger partial charge in [-0.15, -0.1) is 0 Å². The van der Waals surface area contributed by atoms with Crippen LogP contribution in [0.3, 0.4) is 0 Å². The Kier molecular flexibility index (Phi) is 3.74. The van der Waals surface area contributed by atoms with Crippen molar-refractivity contribution in [3.05, 3.63) is 29.8 Å². The van der Waals surface area contributed by atoms with Gasteiger partial charge in [0.1, 0.15) is 12.4 Å². The van der Waals surface area contributed by atoms with E-state index in [9.17, 15) is 9.59 Å². The van der Waals surface area contributed by atoms with Crippen LogP contribution in [0.5, 0.6) is 5.75 Å². The molecular formula is C17H20N4O4. The maximum atomic E-state index is 12.2. The Morgan fingerprint density at radius 2 is 2.24 bits per heavy atom. The van der Waals surface area contributed by atoms with E-state index >= 15 is 0 Å². The Bertz CT molecular complexity index is 750. The number of carbonyl (C=O) groups is 2. The quantitative estimate of drug-likeness (QED) is 0.864. The fourth-order valence-corrected chi connectivity index (χ4v) is 3.33. The van der Waals surface area contributed by atoms with Gasteiger partial charge >= 0.3 is 6.03 Å². The molecule has 25 heavy (non-hydrogen) atoms. The molecule has 4 rings (SSSR count). The van der Waals surface area contributed by atoms with Gasteiger partial charge in [-0.1, -0.05) is 19.1 Å². The third kappa shape index (κ3) is 2.67. The number of imide groups is 1. The number of benzene rings is 1. The Labute approximate surface area is 145 Å². The van der Waals surface area contributed by atoms with Crippen LogP contribution in [0.25, 0.3) is 0 Å². The van der Waals surface area contributed by atoms with E-state index in [1.807, 2.05) is 18.2 Å². The molecule has 3 heterocycles. The molecule has 3 unspecified atom stereocenters. The van der Waals surface area contributed by atoms with E-state index in [-0.39, 0.29) is 12.0 Å². The van der Waals surface area contributed by atoms with Gasteiger partial charge < -0.3 is 19.3 Å². The molecular weight excluding hydrogens is 324 g/mol. The van der Waals surface area contributed by atoms with Crippen molar-refractivity contribution in [3.63, 3.8) is 0 Å². The third-order valence-electron chi connectivity index (χ3n) is 4.74. The molecule has 0 saturated carbocycles. The van der Waals surface area contributed by atoms with Gasteiger partial charge in [-0.2, -0.15) is 0 Å². The highest BCUT2D eigenvalue weighted by molar-refractivity contribution is 6.03. The topological polar surface area (TPSA) is 83.5 Å². The number of urea groups is 1. The van der Waals surface area contributed by atoms with Crippen molar-refractivity contribution in [2.75, 3.05) is 20.2 Å². The number of rotatable bonds is 4. The Morgan fingerprint density at radius 1 is 1.40 bits per heavy atom. The molecule has 3 aliphatic heterocycles. The Balaban J connectivity index is 1.42. The molecule has 1 aromatic carbocycles. The van der Waals surface area contributed by atoms with E-state index in [1.54, 1.807) is 11.9 Å². The van der Waals surface area contributed by atoms with Crippen LogP contribution in [-0.2, 0) is 16.0 Å². The minimum Gasteiger partial charge on any atom is -0.490 e. The number of amidine groups is 1. The number of aliphatic imine (C=N–C) groups is 1. The van der Waals surface area contributed by atoms with Crippen LogP contribution in [0, 0.1) is 0 Å². The van der Waals surface area contributed by atoms with Crippen molar-refractivity contribution in [3.8, 4) is 5.75 Å². The molecule has 3 amide bonds. The number of nitrogens with one attached hydrogen (secondary N) is 1. The van der Waals surface area contributed by atoms with Gasteiger partial charge in [-0.3, -0.25) is 10.1 Å². The predicted molar refractivity (Wildman–Crippen MR) is 89.2 cm³/mol. The molecule has 8 heteroatoms. The first-order valence-electron chi connectivity index (χ1n) is 8.37. The molecule has 0 spiro atoms. The number of ether oxygens (including phenoxy) is 2. The van der Waals surface area contributed by atoms with Gasteiger partial charge in [-0.05, 0) is 24.1 Å². The van der Waals surface area contributed by atoms with Gasteiger partial charge in [0, 0.05) is 7.05 Å². The van der Waals surface area contributed by atoms with Gasteiger partial charge in [-0.25, -0.2) is 9.79 Å². The summed E-state index contributed by atoms with van der Waals surface area (Å²) in [6.45, 7) is 2.97. The number of likely N-dealkylation sites (N-methyl/N-ethyl adjacent to an activating group) is 1. The largest absolute Gasteiger partial charge is 0.490 e. The first kappa shape index (κ1) is 15.7. The zero-order valence-corrected chi connectivity index (χ0v) is 14.1. The lowest BCUT2D eigenvalue weighted by Gasteiger charge is -2.34. The second kappa shape index (κ2) is 5.94. The zero-order chi connectivity index (χ0) is 17.6. The summed E-state index contributed by atoms with van der Waals surface area (Å²) in [5.41, 5.74) is 1.21. The van der Waals surface area contributed by atoms with Crippen LogP contribution < -0.4 is 10.1 Å². The van der Waals surface area contributed by atoms with Crippen LogP contribution >= 0.6 is 0 Å². The number of aryl methyl sites for hydroxylation is 1. The predicted octanol–water partition coefficient (Wildman–Crippen LogP) is 0.575. The maximum absolute atomic E-state index is 12.2. The number of nitrogens with zero attached hydrogens (tertiary/aromatic N) is 3. The number of fused-ring (bicyclic) bond motifs is 3. The van der Waals surface area contributed by atoms with E-state index in [2.05, 4.69) is 23.3 Å². The number of carbonyl (C=O) groups excluding carboxylic acids is 2. The molecule has 2 saturated heterocycles. The van der Waals surface area contributed by atoms with Crippen LogP contribution in [0.15, 0.2) is 29.3 Å². The van der Waals surface area contributed by atoms with E-state index < -0.39 is 18.2 Å². The van der Waals surface area contributed by atoms with Crippen molar-refractivity contribution in [1.29, 1.82) is 0 Å². The highest BCUT2D eigenvalue weighted by Crippen LogP contribution is 2.29. The summed E-state index contributed by atoms with van der Waals surface area (Å²) in [5.74, 6) is 0.461. The van der Waals surface area contributed by atoms with Crippen LogP contribution in [0.4, 0.5) is 4.79 Å². The molecule has 1 aromatic rings. The van der Waals surface area contributed by atoms with E-state index in [4.69, 9.17) is 9.47 Å². The maximum Gasteiger partial charge on any atom is 0.325 e. The van der Waals surface area contributed by atoms with Crippen LogP contribution in [0.1, 0.15) is 12.5 Å². The van der Waals surface area contributed by atoms with Crippen LogP contribution in [0.2, 0.25) is 0 Å². The summed E-state index contributed by atoms with van der Waals surface area (Å²) in [6.07, 6.45) is 0.214. The molecule has 132 valence electrons. The molecule has 3 aliphatic rings. The SMILES string of the molecule is CCc1cccc(OCC2CN3C(=NC4C3C(=O)NC(=O)N4C)O2)c1. The minimum atomic E-state index is -0.536. The molecule has 3 atom stereocenters. The highest BCUT2D eigenvalue weighted by Gasteiger charge is 2.52. The molecule has 8 nitrogen and oxygen atoms in total. The number of amides is 3. The molecule has 0 aliphatic carbocycles.